The summed E-state index contributed by atoms with van der Waals surface area (Å²) in [6, 6.07) is 11.8. The van der Waals surface area contributed by atoms with Crippen LogP contribution in [0.25, 0.3) is 0 Å². The van der Waals surface area contributed by atoms with Gasteiger partial charge in [0.15, 0.2) is 0 Å². The molecule has 0 radical (unpaired) electrons. The fourth-order valence-corrected chi connectivity index (χ4v) is 2.44. The Morgan fingerprint density at radius 1 is 1.32 bits per heavy atom. The van der Waals surface area contributed by atoms with Crippen LogP contribution in [0.3, 0.4) is 0 Å². The standard InChI is InChI=1S/C15H19N3O/c16-11-6-12-18(14-9-2-1-3-10-14)15(19)17-13-7-4-5-8-13/h1-3,9-10,13H,4-8,12H2,(H,17,19). The van der Waals surface area contributed by atoms with E-state index in [1.807, 2.05) is 30.3 Å². The number of rotatable bonds is 4. The third kappa shape index (κ3) is 3.72. The number of benzene rings is 1. The number of urea groups is 1. The Balaban J connectivity index is 2.04. The van der Waals surface area contributed by atoms with Crippen LogP contribution in [0.2, 0.25) is 0 Å². The lowest BCUT2D eigenvalue weighted by molar-refractivity contribution is 0.242. The third-order valence-corrected chi connectivity index (χ3v) is 3.44. The highest BCUT2D eigenvalue weighted by molar-refractivity contribution is 5.92. The molecule has 1 fully saturated rings. The zero-order valence-corrected chi connectivity index (χ0v) is 11.0. The Kier molecular flexibility index (Phi) is 4.79. The lowest BCUT2D eigenvalue weighted by Crippen LogP contribution is -2.44. The van der Waals surface area contributed by atoms with Crippen molar-refractivity contribution in [2.45, 2.75) is 38.1 Å². The molecule has 1 aliphatic rings. The number of anilines is 1. The van der Waals surface area contributed by atoms with Crippen molar-refractivity contribution in [2.24, 2.45) is 0 Å². The van der Waals surface area contributed by atoms with Crippen molar-refractivity contribution in [3.8, 4) is 6.07 Å². The van der Waals surface area contributed by atoms with Gasteiger partial charge in [0, 0.05) is 18.3 Å². The van der Waals surface area contributed by atoms with Gasteiger partial charge in [-0.15, -0.1) is 0 Å². The second-order valence-corrected chi connectivity index (χ2v) is 4.83. The summed E-state index contributed by atoms with van der Waals surface area (Å²) in [5.74, 6) is 0. The van der Waals surface area contributed by atoms with Crippen LogP contribution in [-0.2, 0) is 0 Å². The zero-order chi connectivity index (χ0) is 13.5. The number of nitrogens with zero attached hydrogens (tertiary/aromatic N) is 2. The van der Waals surface area contributed by atoms with Gasteiger partial charge in [-0.1, -0.05) is 31.0 Å². The van der Waals surface area contributed by atoms with Gasteiger partial charge < -0.3 is 5.32 Å². The van der Waals surface area contributed by atoms with Gasteiger partial charge in [-0.05, 0) is 25.0 Å². The van der Waals surface area contributed by atoms with Gasteiger partial charge >= 0.3 is 6.03 Å². The van der Waals surface area contributed by atoms with Gasteiger partial charge in [-0.25, -0.2) is 4.79 Å². The van der Waals surface area contributed by atoms with Gasteiger partial charge in [0.2, 0.25) is 0 Å². The fraction of sp³-hybridized carbons (Fsp3) is 0.467. The first-order chi connectivity index (χ1) is 9.31. The Bertz CT molecular complexity index is 446. The van der Waals surface area contributed by atoms with E-state index in [4.69, 9.17) is 5.26 Å². The molecule has 0 aromatic heterocycles. The molecule has 2 rings (SSSR count). The molecule has 1 saturated carbocycles. The molecule has 1 aliphatic carbocycles. The number of hydrogen-bond donors (Lipinski definition) is 1. The molecule has 1 N–H and O–H groups in total. The lowest BCUT2D eigenvalue weighted by atomic mass is 10.2. The van der Waals surface area contributed by atoms with Gasteiger partial charge in [0.05, 0.1) is 12.5 Å². The van der Waals surface area contributed by atoms with Crippen molar-refractivity contribution in [1.82, 2.24) is 5.32 Å². The molecule has 0 bridgehead atoms. The first-order valence-electron chi connectivity index (χ1n) is 6.81. The summed E-state index contributed by atoms with van der Waals surface area (Å²) in [6.45, 7) is 0.430. The van der Waals surface area contributed by atoms with Gasteiger partial charge in [0.25, 0.3) is 0 Å². The monoisotopic (exact) mass is 257 g/mol. The van der Waals surface area contributed by atoms with E-state index in [1.165, 1.54) is 12.8 Å². The Labute approximate surface area is 114 Å². The van der Waals surface area contributed by atoms with Crippen LogP contribution in [0.15, 0.2) is 30.3 Å². The topological polar surface area (TPSA) is 56.1 Å². The minimum atomic E-state index is -0.0895. The van der Waals surface area contributed by atoms with Crippen LogP contribution in [0.4, 0.5) is 10.5 Å². The highest BCUT2D eigenvalue weighted by Gasteiger charge is 2.21. The second kappa shape index (κ2) is 6.79. The number of carbonyl (C=O) groups is 1. The Morgan fingerprint density at radius 3 is 2.63 bits per heavy atom. The first kappa shape index (κ1) is 13.4. The zero-order valence-electron chi connectivity index (χ0n) is 11.0. The molecule has 1 aromatic rings. The summed E-state index contributed by atoms with van der Waals surface area (Å²) >= 11 is 0. The number of nitriles is 1. The smallest absolute Gasteiger partial charge is 0.322 e. The Morgan fingerprint density at radius 2 is 2.00 bits per heavy atom. The number of para-hydroxylation sites is 1. The Hall–Kier alpha value is -2.02. The average molecular weight is 257 g/mol. The minimum absolute atomic E-state index is 0.0895. The maximum atomic E-state index is 12.3. The van der Waals surface area contributed by atoms with Crippen molar-refractivity contribution in [3.63, 3.8) is 0 Å². The van der Waals surface area contributed by atoms with Gasteiger partial charge in [-0.2, -0.15) is 5.26 Å². The maximum Gasteiger partial charge on any atom is 0.322 e. The van der Waals surface area contributed by atoms with Gasteiger partial charge in [0.1, 0.15) is 0 Å². The molecule has 0 unspecified atom stereocenters. The van der Waals surface area contributed by atoms with Crippen molar-refractivity contribution in [2.75, 3.05) is 11.4 Å². The second-order valence-electron chi connectivity index (χ2n) is 4.83. The largest absolute Gasteiger partial charge is 0.335 e. The van der Waals surface area contributed by atoms with Crippen molar-refractivity contribution < 1.29 is 4.79 Å². The third-order valence-electron chi connectivity index (χ3n) is 3.44. The molecule has 0 saturated heterocycles. The summed E-state index contributed by atoms with van der Waals surface area (Å²) in [6.07, 6.45) is 4.84. The van der Waals surface area contributed by atoms with Crippen LogP contribution in [0, 0.1) is 11.3 Å². The van der Waals surface area contributed by atoms with E-state index in [1.54, 1.807) is 4.90 Å². The fourth-order valence-electron chi connectivity index (χ4n) is 2.44. The van der Waals surface area contributed by atoms with E-state index in [-0.39, 0.29) is 6.03 Å². The molecule has 0 aliphatic heterocycles. The highest BCUT2D eigenvalue weighted by atomic mass is 16.2. The predicted octanol–water partition coefficient (Wildman–Crippen LogP) is 3.06. The van der Waals surface area contributed by atoms with E-state index in [2.05, 4.69) is 11.4 Å². The van der Waals surface area contributed by atoms with Crippen molar-refractivity contribution in [1.29, 1.82) is 5.26 Å². The van der Waals surface area contributed by atoms with E-state index < -0.39 is 0 Å². The van der Waals surface area contributed by atoms with E-state index in [9.17, 15) is 4.79 Å². The molecule has 0 spiro atoms. The summed E-state index contributed by atoms with van der Waals surface area (Å²) in [4.78, 5) is 14.0. The van der Waals surface area contributed by atoms with E-state index in [0.717, 1.165) is 18.5 Å². The number of nitrogens with one attached hydrogen (secondary N) is 1. The number of amides is 2. The SMILES string of the molecule is N#CCCN(C(=O)NC1CCCC1)c1ccccc1. The van der Waals surface area contributed by atoms with Crippen LogP contribution in [-0.4, -0.2) is 18.6 Å². The molecule has 0 atom stereocenters. The minimum Gasteiger partial charge on any atom is -0.335 e. The quantitative estimate of drug-likeness (QED) is 0.901. The summed E-state index contributed by atoms with van der Waals surface area (Å²) in [7, 11) is 0. The summed E-state index contributed by atoms with van der Waals surface area (Å²) in [5, 5.41) is 11.8. The van der Waals surface area contributed by atoms with E-state index in [0.29, 0.717) is 19.0 Å². The van der Waals surface area contributed by atoms with Crippen molar-refractivity contribution in [3.05, 3.63) is 30.3 Å². The highest BCUT2D eigenvalue weighted by Crippen LogP contribution is 2.19. The summed E-state index contributed by atoms with van der Waals surface area (Å²) in [5.41, 5.74) is 0.841. The number of carbonyl (C=O) groups excluding carboxylic acids is 1. The molecular weight excluding hydrogens is 238 g/mol. The molecule has 2 amide bonds. The summed E-state index contributed by atoms with van der Waals surface area (Å²) < 4.78 is 0. The van der Waals surface area contributed by atoms with Gasteiger partial charge in [-0.3, -0.25) is 4.90 Å². The first-order valence-corrected chi connectivity index (χ1v) is 6.81. The van der Waals surface area contributed by atoms with E-state index >= 15 is 0 Å². The van der Waals surface area contributed by atoms with Crippen LogP contribution in [0.1, 0.15) is 32.1 Å². The number of hydrogen-bond acceptors (Lipinski definition) is 2. The van der Waals surface area contributed by atoms with Crippen LogP contribution < -0.4 is 10.2 Å². The molecular formula is C15H19N3O. The molecule has 100 valence electrons. The lowest BCUT2D eigenvalue weighted by Gasteiger charge is -2.24. The van der Waals surface area contributed by atoms with Crippen LogP contribution >= 0.6 is 0 Å². The molecule has 0 heterocycles. The molecule has 19 heavy (non-hydrogen) atoms. The van der Waals surface area contributed by atoms with Crippen molar-refractivity contribution >= 4 is 11.7 Å². The molecule has 4 heteroatoms. The molecule has 1 aromatic carbocycles. The predicted molar refractivity (Wildman–Crippen MR) is 74.8 cm³/mol. The average Bonchev–Trinajstić information content (AvgIpc) is 2.93. The maximum absolute atomic E-state index is 12.3. The van der Waals surface area contributed by atoms with Crippen LogP contribution in [0.5, 0.6) is 0 Å². The normalized spacial score (nSPS) is 14.9. The molecule has 4 nitrogen and oxygen atoms in total.